The van der Waals surface area contributed by atoms with Crippen LogP contribution < -0.4 is 0 Å². The van der Waals surface area contributed by atoms with E-state index in [1.807, 2.05) is 6.07 Å². The monoisotopic (exact) mass is 368 g/mol. The Labute approximate surface area is 164 Å². The van der Waals surface area contributed by atoms with Gasteiger partial charge in [0.15, 0.2) is 0 Å². The maximum Gasteiger partial charge on any atom is 0.335 e. The van der Waals surface area contributed by atoms with E-state index in [1.54, 1.807) is 6.07 Å². The average molecular weight is 369 g/mol. The summed E-state index contributed by atoms with van der Waals surface area (Å²) >= 11 is 0. The van der Waals surface area contributed by atoms with Gasteiger partial charge in [0.2, 0.25) is 0 Å². The molecule has 1 aromatic rings. The highest BCUT2D eigenvalue weighted by Gasteiger charge is 2.35. The summed E-state index contributed by atoms with van der Waals surface area (Å²) in [4.78, 5) is 11.2. The Hall–Kier alpha value is -1.31. The van der Waals surface area contributed by atoms with Crippen LogP contribution in [-0.4, -0.2) is 11.1 Å². The molecule has 3 aliphatic rings. The Morgan fingerprint density at radius 3 is 2.00 bits per heavy atom. The van der Waals surface area contributed by atoms with Gasteiger partial charge in [-0.3, -0.25) is 0 Å². The molecule has 0 aromatic heterocycles. The summed E-state index contributed by atoms with van der Waals surface area (Å²) in [5, 5.41) is 9.23. The van der Waals surface area contributed by atoms with Crippen LogP contribution in [0, 0.1) is 29.6 Å². The predicted octanol–water partition coefficient (Wildman–Crippen LogP) is 6.51. The van der Waals surface area contributed by atoms with E-state index in [0.29, 0.717) is 5.56 Å². The molecule has 2 nitrogen and oxygen atoms in total. The zero-order valence-corrected chi connectivity index (χ0v) is 17.0. The summed E-state index contributed by atoms with van der Waals surface area (Å²) < 4.78 is 0. The summed E-state index contributed by atoms with van der Waals surface area (Å²) in [5.74, 6) is 3.85. The van der Waals surface area contributed by atoms with E-state index in [2.05, 4.69) is 13.0 Å². The van der Waals surface area contributed by atoms with Crippen molar-refractivity contribution in [2.24, 2.45) is 29.6 Å². The van der Waals surface area contributed by atoms with Gasteiger partial charge in [-0.05, 0) is 104 Å². The minimum absolute atomic E-state index is 0.455. The predicted molar refractivity (Wildman–Crippen MR) is 110 cm³/mol. The van der Waals surface area contributed by atoms with Gasteiger partial charge in [-0.1, -0.05) is 38.7 Å². The second kappa shape index (κ2) is 8.37. The quantitative estimate of drug-likeness (QED) is 0.643. The topological polar surface area (TPSA) is 37.3 Å². The number of hydrogen-bond acceptors (Lipinski definition) is 1. The first-order valence-corrected chi connectivity index (χ1v) is 11.5. The molecular weight excluding hydrogens is 332 g/mol. The highest BCUT2D eigenvalue weighted by molar-refractivity contribution is 5.88. The van der Waals surface area contributed by atoms with Gasteiger partial charge in [0.1, 0.15) is 0 Å². The van der Waals surface area contributed by atoms with Crippen LogP contribution in [0.3, 0.4) is 0 Å². The zero-order chi connectivity index (χ0) is 18.8. The molecule has 2 fully saturated rings. The summed E-state index contributed by atoms with van der Waals surface area (Å²) in [6, 6.07) is 5.78. The maximum atomic E-state index is 11.2. The van der Waals surface area contributed by atoms with Gasteiger partial charge in [-0.2, -0.15) is 0 Å². The second-order valence-electron chi connectivity index (χ2n) is 9.70. The lowest BCUT2D eigenvalue weighted by molar-refractivity contribution is 0.0696. The highest BCUT2D eigenvalue weighted by atomic mass is 16.4. The van der Waals surface area contributed by atoms with Crippen LogP contribution in [0.5, 0.6) is 0 Å². The molecule has 148 valence electrons. The summed E-state index contributed by atoms with van der Waals surface area (Å²) in [6.07, 6.45) is 16.8. The number of hydrogen-bond donors (Lipinski definition) is 1. The molecule has 2 saturated carbocycles. The zero-order valence-electron chi connectivity index (χ0n) is 17.0. The van der Waals surface area contributed by atoms with Gasteiger partial charge in [0.25, 0.3) is 0 Å². The first-order chi connectivity index (χ1) is 13.1. The third-order valence-electron chi connectivity index (χ3n) is 8.16. The molecule has 1 aromatic carbocycles. The summed E-state index contributed by atoms with van der Waals surface area (Å²) in [6.45, 7) is 2.33. The van der Waals surface area contributed by atoms with Gasteiger partial charge in [-0.15, -0.1) is 0 Å². The Balaban J connectivity index is 1.27. The van der Waals surface area contributed by atoms with E-state index in [0.717, 1.165) is 36.0 Å². The summed E-state index contributed by atoms with van der Waals surface area (Å²) in [7, 11) is 0. The van der Waals surface area contributed by atoms with E-state index < -0.39 is 5.97 Å². The molecule has 0 amide bonds. The average Bonchev–Trinajstić information content (AvgIpc) is 3.12. The largest absolute Gasteiger partial charge is 0.478 e. The van der Waals surface area contributed by atoms with Crippen LogP contribution in [0.2, 0.25) is 0 Å². The minimum atomic E-state index is -0.796. The molecule has 27 heavy (non-hydrogen) atoms. The number of aromatic carboxylic acids is 1. The maximum absolute atomic E-state index is 11.2. The van der Waals surface area contributed by atoms with Gasteiger partial charge < -0.3 is 5.11 Å². The third kappa shape index (κ3) is 4.25. The SMILES string of the molecule is CCCC1CCC(C2CCC(C3Cc4ccc(C(=O)O)cc4C3)CC2)CC1. The van der Waals surface area contributed by atoms with E-state index in [9.17, 15) is 9.90 Å². The molecule has 0 spiro atoms. The molecule has 0 heterocycles. The van der Waals surface area contributed by atoms with Crippen molar-refractivity contribution in [1.82, 2.24) is 0 Å². The van der Waals surface area contributed by atoms with E-state index >= 15 is 0 Å². The lowest BCUT2D eigenvalue weighted by Gasteiger charge is -2.39. The summed E-state index contributed by atoms with van der Waals surface area (Å²) in [5.41, 5.74) is 3.16. The number of rotatable bonds is 5. The molecule has 0 radical (unpaired) electrons. The second-order valence-corrected chi connectivity index (χ2v) is 9.70. The number of benzene rings is 1. The fourth-order valence-corrected chi connectivity index (χ4v) is 6.56. The van der Waals surface area contributed by atoms with Crippen molar-refractivity contribution >= 4 is 5.97 Å². The first-order valence-electron chi connectivity index (χ1n) is 11.5. The highest BCUT2D eigenvalue weighted by Crippen LogP contribution is 2.45. The van der Waals surface area contributed by atoms with Crippen LogP contribution >= 0.6 is 0 Å². The Bertz CT molecular complexity index is 648. The fraction of sp³-hybridized carbons (Fsp3) is 0.720. The first kappa shape index (κ1) is 19.0. The van der Waals surface area contributed by atoms with Crippen molar-refractivity contribution in [2.75, 3.05) is 0 Å². The molecule has 1 atom stereocenters. The number of fused-ring (bicyclic) bond motifs is 1. The van der Waals surface area contributed by atoms with Crippen LogP contribution in [0.1, 0.15) is 92.6 Å². The number of carbonyl (C=O) groups is 1. The molecular formula is C25H36O2. The number of carboxylic acid groups (broad SMARTS) is 1. The number of carboxylic acids is 1. The molecule has 4 rings (SSSR count). The van der Waals surface area contributed by atoms with Crippen molar-refractivity contribution in [2.45, 2.75) is 84.0 Å². The molecule has 2 heteroatoms. The molecule has 1 N–H and O–H groups in total. The standard InChI is InChI=1S/C25H36O2/c1-2-3-17-4-6-18(7-5-17)19-8-10-20(11-9-19)23-14-21-12-13-22(25(26)27)15-24(21)16-23/h12-13,15,17-20,23H,2-11,14,16H2,1H3,(H,26,27). The van der Waals surface area contributed by atoms with Gasteiger partial charge >= 0.3 is 5.97 Å². The molecule has 0 bridgehead atoms. The molecule has 0 aliphatic heterocycles. The van der Waals surface area contributed by atoms with Crippen molar-refractivity contribution in [1.29, 1.82) is 0 Å². The van der Waals surface area contributed by atoms with Crippen LogP contribution in [0.15, 0.2) is 18.2 Å². The third-order valence-corrected chi connectivity index (χ3v) is 8.16. The smallest absolute Gasteiger partial charge is 0.335 e. The van der Waals surface area contributed by atoms with Crippen molar-refractivity contribution in [3.8, 4) is 0 Å². The van der Waals surface area contributed by atoms with E-state index in [1.165, 1.54) is 81.8 Å². The van der Waals surface area contributed by atoms with Crippen molar-refractivity contribution in [3.63, 3.8) is 0 Å². The van der Waals surface area contributed by atoms with Crippen LogP contribution in [-0.2, 0) is 12.8 Å². The van der Waals surface area contributed by atoms with E-state index in [-0.39, 0.29) is 0 Å². The van der Waals surface area contributed by atoms with Gasteiger partial charge in [0.05, 0.1) is 5.56 Å². The lowest BCUT2D eigenvalue weighted by Crippen LogP contribution is -2.28. The Kier molecular flexibility index (Phi) is 5.90. The van der Waals surface area contributed by atoms with Gasteiger partial charge in [-0.25, -0.2) is 4.79 Å². The minimum Gasteiger partial charge on any atom is -0.478 e. The van der Waals surface area contributed by atoms with Gasteiger partial charge in [0, 0.05) is 0 Å². The van der Waals surface area contributed by atoms with Crippen LogP contribution in [0.4, 0.5) is 0 Å². The Morgan fingerprint density at radius 1 is 0.852 bits per heavy atom. The normalized spacial score (nSPS) is 33.6. The van der Waals surface area contributed by atoms with E-state index in [4.69, 9.17) is 0 Å². The lowest BCUT2D eigenvalue weighted by atomic mass is 9.67. The van der Waals surface area contributed by atoms with Crippen molar-refractivity contribution < 1.29 is 9.90 Å². The fourth-order valence-electron chi connectivity index (χ4n) is 6.56. The van der Waals surface area contributed by atoms with Crippen molar-refractivity contribution in [3.05, 3.63) is 34.9 Å². The molecule has 1 unspecified atom stereocenters. The molecule has 0 saturated heterocycles. The Morgan fingerprint density at radius 2 is 1.41 bits per heavy atom. The molecule has 3 aliphatic carbocycles. The van der Waals surface area contributed by atoms with Crippen LogP contribution in [0.25, 0.3) is 0 Å².